The molecule has 1 aliphatic heterocycles. The Hall–Kier alpha value is -1.43. The first-order valence-corrected chi connectivity index (χ1v) is 8.76. The number of benzene rings is 1. The first kappa shape index (κ1) is 17.9. The van der Waals surface area contributed by atoms with Gasteiger partial charge in [0.2, 0.25) is 5.91 Å². The summed E-state index contributed by atoms with van der Waals surface area (Å²) in [6, 6.07) is 8.01. The predicted octanol–water partition coefficient (Wildman–Crippen LogP) is 1.76. The van der Waals surface area contributed by atoms with Gasteiger partial charge in [-0.3, -0.25) is 4.79 Å². The molecule has 2 rings (SSSR count). The van der Waals surface area contributed by atoms with Crippen molar-refractivity contribution >= 4 is 11.6 Å². The lowest BCUT2D eigenvalue weighted by Gasteiger charge is -2.33. The van der Waals surface area contributed by atoms with E-state index in [0.29, 0.717) is 6.42 Å². The number of hydrogen-bond donors (Lipinski definition) is 2. The van der Waals surface area contributed by atoms with E-state index in [2.05, 4.69) is 40.3 Å². The van der Waals surface area contributed by atoms with Crippen molar-refractivity contribution in [2.75, 3.05) is 51.1 Å². The Morgan fingerprint density at radius 2 is 1.78 bits per heavy atom. The highest BCUT2D eigenvalue weighted by Gasteiger charge is 2.16. The first-order chi connectivity index (χ1) is 11.2. The molecule has 2 N–H and O–H groups in total. The summed E-state index contributed by atoms with van der Waals surface area (Å²) < 4.78 is 0. The zero-order valence-electron chi connectivity index (χ0n) is 14.5. The molecule has 0 radical (unpaired) electrons. The molecular formula is C18H30N4O. The van der Waals surface area contributed by atoms with Crippen molar-refractivity contribution in [2.24, 2.45) is 0 Å². The molecule has 0 spiro atoms. The average Bonchev–Trinajstić information content (AvgIpc) is 2.59. The van der Waals surface area contributed by atoms with Crippen LogP contribution < -0.4 is 10.6 Å². The molecule has 0 atom stereocenters. The van der Waals surface area contributed by atoms with Crippen LogP contribution in [-0.4, -0.2) is 61.5 Å². The van der Waals surface area contributed by atoms with Gasteiger partial charge in [-0.05, 0) is 24.7 Å². The van der Waals surface area contributed by atoms with Crippen LogP contribution in [0.3, 0.4) is 0 Å². The second kappa shape index (κ2) is 9.65. The first-order valence-electron chi connectivity index (χ1n) is 8.76. The summed E-state index contributed by atoms with van der Waals surface area (Å²) >= 11 is 0. The Morgan fingerprint density at radius 3 is 2.48 bits per heavy atom. The van der Waals surface area contributed by atoms with Gasteiger partial charge in [-0.1, -0.05) is 32.0 Å². The summed E-state index contributed by atoms with van der Waals surface area (Å²) in [6.45, 7) is 12.3. The van der Waals surface area contributed by atoms with Crippen molar-refractivity contribution in [1.82, 2.24) is 15.1 Å². The molecular weight excluding hydrogens is 288 g/mol. The lowest BCUT2D eigenvalue weighted by atomic mass is 10.1. The van der Waals surface area contributed by atoms with Crippen molar-refractivity contribution in [1.29, 1.82) is 0 Å². The average molecular weight is 318 g/mol. The molecule has 1 heterocycles. The molecule has 1 aliphatic rings. The number of anilines is 1. The third-order valence-corrected chi connectivity index (χ3v) is 4.42. The Kier molecular flexibility index (Phi) is 7.52. The molecule has 5 nitrogen and oxygen atoms in total. The number of hydrogen-bond acceptors (Lipinski definition) is 4. The molecule has 0 aliphatic carbocycles. The lowest BCUT2D eigenvalue weighted by Crippen LogP contribution is -2.46. The summed E-state index contributed by atoms with van der Waals surface area (Å²) in [5.74, 6) is 0.104. The van der Waals surface area contributed by atoms with Crippen molar-refractivity contribution in [3.8, 4) is 0 Å². The maximum absolute atomic E-state index is 12.2. The number of piperazine rings is 1. The van der Waals surface area contributed by atoms with Gasteiger partial charge in [0.15, 0.2) is 0 Å². The fourth-order valence-corrected chi connectivity index (χ4v) is 2.86. The number of likely N-dealkylation sites (N-methyl/N-ethyl adjacent to an activating group) is 1. The Morgan fingerprint density at radius 1 is 1.09 bits per heavy atom. The van der Waals surface area contributed by atoms with Gasteiger partial charge in [-0.15, -0.1) is 0 Å². The molecule has 0 saturated carbocycles. The Labute approximate surface area is 140 Å². The third-order valence-electron chi connectivity index (χ3n) is 4.42. The zero-order chi connectivity index (χ0) is 16.5. The van der Waals surface area contributed by atoms with Crippen molar-refractivity contribution in [2.45, 2.75) is 26.8 Å². The second-order valence-corrected chi connectivity index (χ2v) is 6.01. The van der Waals surface area contributed by atoms with E-state index in [9.17, 15) is 4.79 Å². The molecule has 1 fully saturated rings. The lowest BCUT2D eigenvalue weighted by molar-refractivity contribution is -0.116. The highest BCUT2D eigenvalue weighted by molar-refractivity contribution is 5.91. The zero-order valence-corrected chi connectivity index (χ0v) is 14.5. The molecule has 0 aromatic heterocycles. The minimum atomic E-state index is 0.104. The summed E-state index contributed by atoms with van der Waals surface area (Å²) in [6.07, 6.45) is 0.557. The fraction of sp³-hybridized carbons (Fsp3) is 0.611. The minimum Gasteiger partial charge on any atom is -0.326 e. The number of carbonyl (C=O) groups is 1. The molecule has 128 valence electrons. The van der Waals surface area contributed by atoms with Crippen LogP contribution in [0.4, 0.5) is 5.69 Å². The standard InChI is InChI=1S/C18H30N4O/c1-3-19-15-16-7-5-6-8-17(16)20-18(23)9-10-22-13-11-21(4-2)12-14-22/h5-8,19H,3-4,9-15H2,1-2H3,(H,20,23). The van der Waals surface area contributed by atoms with Gasteiger partial charge in [-0.2, -0.15) is 0 Å². The molecule has 0 unspecified atom stereocenters. The van der Waals surface area contributed by atoms with Crippen molar-refractivity contribution in [3.05, 3.63) is 29.8 Å². The molecule has 23 heavy (non-hydrogen) atoms. The van der Waals surface area contributed by atoms with Crippen molar-refractivity contribution < 1.29 is 4.79 Å². The number of para-hydroxylation sites is 1. The third kappa shape index (κ3) is 5.94. The maximum atomic E-state index is 12.2. The number of amides is 1. The maximum Gasteiger partial charge on any atom is 0.225 e. The van der Waals surface area contributed by atoms with Crippen LogP contribution in [0.2, 0.25) is 0 Å². The van der Waals surface area contributed by atoms with Crippen LogP contribution in [0.25, 0.3) is 0 Å². The smallest absolute Gasteiger partial charge is 0.225 e. The van der Waals surface area contributed by atoms with Gasteiger partial charge in [0.25, 0.3) is 0 Å². The van der Waals surface area contributed by atoms with Crippen LogP contribution in [0.15, 0.2) is 24.3 Å². The SMILES string of the molecule is CCNCc1ccccc1NC(=O)CCN1CCN(CC)CC1. The highest BCUT2D eigenvalue weighted by atomic mass is 16.1. The van der Waals surface area contributed by atoms with E-state index in [-0.39, 0.29) is 5.91 Å². The molecule has 1 aromatic carbocycles. The monoisotopic (exact) mass is 318 g/mol. The van der Waals surface area contributed by atoms with Gasteiger partial charge >= 0.3 is 0 Å². The van der Waals surface area contributed by atoms with Gasteiger partial charge < -0.3 is 20.4 Å². The van der Waals surface area contributed by atoms with E-state index >= 15 is 0 Å². The highest BCUT2D eigenvalue weighted by Crippen LogP contribution is 2.15. The van der Waals surface area contributed by atoms with Crippen LogP contribution >= 0.6 is 0 Å². The number of nitrogens with one attached hydrogen (secondary N) is 2. The normalized spacial score (nSPS) is 16.4. The number of rotatable bonds is 8. The fourth-order valence-electron chi connectivity index (χ4n) is 2.86. The summed E-state index contributed by atoms with van der Waals surface area (Å²) in [4.78, 5) is 17.1. The molecule has 5 heteroatoms. The molecule has 1 amide bonds. The topological polar surface area (TPSA) is 47.6 Å². The summed E-state index contributed by atoms with van der Waals surface area (Å²) in [5.41, 5.74) is 2.06. The van der Waals surface area contributed by atoms with Crippen molar-refractivity contribution in [3.63, 3.8) is 0 Å². The largest absolute Gasteiger partial charge is 0.326 e. The van der Waals surface area contributed by atoms with Crippen LogP contribution in [0.1, 0.15) is 25.8 Å². The summed E-state index contributed by atoms with van der Waals surface area (Å²) in [7, 11) is 0. The van der Waals surface area contributed by atoms with Gasteiger partial charge in [-0.25, -0.2) is 0 Å². The van der Waals surface area contributed by atoms with E-state index in [1.807, 2.05) is 18.2 Å². The van der Waals surface area contributed by atoms with Crippen LogP contribution in [0, 0.1) is 0 Å². The van der Waals surface area contributed by atoms with Gasteiger partial charge in [0, 0.05) is 51.4 Å². The van der Waals surface area contributed by atoms with E-state index < -0.39 is 0 Å². The van der Waals surface area contributed by atoms with Crippen LogP contribution in [-0.2, 0) is 11.3 Å². The van der Waals surface area contributed by atoms with E-state index in [4.69, 9.17) is 0 Å². The second-order valence-electron chi connectivity index (χ2n) is 6.01. The Bertz CT molecular complexity index is 484. The van der Waals surface area contributed by atoms with Gasteiger partial charge in [0.05, 0.1) is 0 Å². The molecule has 0 bridgehead atoms. The van der Waals surface area contributed by atoms with Gasteiger partial charge in [0.1, 0.15) is 0 Å². The molecule has 1 aromatic rings. The Balaban J connectivity index is 1.77. The number of nitrogens with zero attached hydrogens (tertiary/aromatic N) is 2. The predicted molar refractivity (Wildman–Crippen MR) is 95.6 cm³/mol. The number of carbonyl (C=O) groups excluding carboxylic acids is 1. The van der Waals surface area contributed by atoms with E-state index in [1.54, 1.807) is 0 Å². The minimum absolute atomic E-state index is 0.104. The summed E-state index contributed by atoms with van der Waals surface area (Å²) in [5, 5.41) is 6.37. The van der Waals surface area contributed by atoms with E-state index in [1.165, 1.54) is 0 Å². The molecule has 1 saturated heterocycles. The quantitative estimate of drug-likeness (QED) is 0.767. The van der Waals surface area contributed by atoms with Crippen LogP contribution in [0.5, 0.6) is 0 Å². The van der Waals surface area contributed by atoms with E-state index in [0.717, 1.165) is 63.6 Å².